The lowest BCUT2D eigenvalue weighted by atomic mass is 10.1. The number of fused-ring (bicyclic) bond motifs is 2. The molecule has 3 N–H and O–H groups in total. The van der Waals surface area contributed by atoms with Crippen LogP contribution in [0, 0.1) is 0 Å². The molecular weight excluding hydrogens is 468 g/mol. The van der Waals surface area contributed by atoms with Gasteiger partial charge in [0.15, 0.2) is 0 Å². The molecule has 32 heavy (non-hydrogen) atoms. The summed E-state index contributed by atoms with van der Waals surface area (Å²) in [5.41, 5.74) is 3.28. The van der Waals surface area contributed by atoms with Gasteiger partial charge in [0.05, 0.1) is 29.1 Å². The van der Waals surface area contributed by atoms with Crippen molar-refractivity contribution in [1.82, 2.24) is 14.3 Å². The fraction of sp³-hybridized carbons (Fsp3) is 0.136. The molecule has 5 rings (SSSR count). The maximum Gasteiger partial charge on any atom is 0.264 e. The molecule has 2 aliphatic heterocycles. The lowest BCUT2D eigenvalue weighted by Crippen LogP contribution is -2.36. The van der Waals surface area contributed by atoms with Gasteiger partial charge in [0, 0.05) is 23.5 Å². The molecule has 1 aliphatic carbocycles. The molecule has 2 aromatic carbocycles. The zero-order chi connectivity index (χ0) is 22.3. The van der Waals surface area contributed by atoms with Crippen molar-refractivity contribution in [3.63, 3.8) is 0 Å². The Morgan fingerprint density at radius 3 is 2.66 bits per heavy atom. The van der Waals surface area contributed by atoms with Crippen LogP contribution in [0.15, 0.2) is 77.6 Å². The van der Waals surface area contributed by atoms with E-state index in [0.717, 1.165) is 12.8 Å². The molecule has 0 saturated carbocycles. The molecule has 0 spiro atoms. The number of amides is 1. The van der Waals surface area contributed by atoms with Crippen LogP contribution < -0.4 is 14.8 Å². The summed E-state index contributed by atoms with van der Waals surface area (Å²) in [7, 11) is -3.98. The fourth-order valence-electron chi connectivity index (χ4n) is 3.99. The van der Waals surface area contributed by atoms with Gasteiger partial charge in [-0.15, -0.1) is 0 Å². The maximum absolute atomic E-state index is 13.2. The Kier molecular flexibility index (Phi) is 5.40. The molecule has 0 atom stereocenters. The number of allylic oxidation sites excluding steroid dienone is 2. The predicted octanol–water partition coefficient (Wildman–Crippen LogP) is 3.70. The summed E-state index contributed by atoms with van der Waals surface area (Å²) in [5, 5.41) is 3.35. The number of nitrogens with zero attached hydrogens (tertiary/aromatic N) is 1. The lowest BCUT2D eigenvalue weighted by molar-refractivity contribution is 0.0939. The average Bonchev–Trinajstić information content (AvgIpc) is 3.39. The van der Waals surface area contributed by atoms with E-state index in [9.17, 15) is 13.2 Å². The second kappa shape index (κ2) is 8.23. The Labute approximate surface area is 195 Å². The Hall–Kier alpha value is -2.88. The van der Waals surface area contributed by atoms with E-state index in [1.165, 1.54) is 41.5 Å². The fourth-order valence-corrected chi connectivity index (χ4v) is 6.13. The van der Waals surface area contributed by atoms with Crippen LogP contribution >= 0.6 is 23.7 Å². The molecule has 1 amide bonds. The summed E-state index contributed by atoms with van der Waals surface area (Å²) in [6, 6.07) is 12.6. The topological polar surface area (TPSA) is 90.5 Å². The number of carbonyl (C=O) groups is 1. The average molecular weight is 487 g/mol. The molecule has 0 saturated heterocycles. The Bertz CT molecular complexity index is 1280. The van der Waals surface area contributed by atoms with E-state index in [4.69, 9.17) is 11.6 Å². The number of halogens is 1. The first-order chi connectivity index (χ1) is 15.4. The van der Waals surface area contributed by atoms with Gasteiger partial charge in [-0.1, -0.05) is 35.9 Å². The summed E-state index contributed by atoms with van der Waals surface area (Å²) in [4.78, 5) is 13.2. The SMILES string of the molecule is O=C(NC1Cc2ccccc2C1)c1ccc(Cl)cc1NS(=O)(=O)C1=CC=CN2SNC=C12. The molecule has 3 aliphatic rings. The van der Waals surface area contributed by atoms with Crippen LogP contribution in [0.3, 0.4) is 0 Å². The molecule has 0 unspecified atom stereocenters. The molecule has 164 valence electrons. The number of benzene rings is 2. The summed E-state index contributed by atoms with van der Waals surface area (Å²) in [6.07, 6.45) is 8.01. The standard InChI is InChI=1S/C22H19ClN4O3S2/c23-16-7-8-18(22(28)25-17-10-14-4-1-2-5-15(14)11-17)19(12-16)26-32(29,30)21-6-3-9-27-20(21)13-24-31-27/h1-9,12-13,17,24,26H,10-11H2,(H,25,28). The number of hydrogen-bond donors (Lipinski definition) is 3. The van der Waals surface area contributed by atoms with Gasteiger partial charge in [0.25, 0.3) is 15.9 Å². The van der Waals surface area contributed by atoms with Crippen molar-refractivity contribution >= 4 is 45.4 Å². The highest BCUT2D eigenvalue weighted by atomic mass is 35.5. The van der Waals surface area contributed by atoms with Crippen molar-refractivity contribution in [3.8, 4) is 0 Å². The Morgan fingerprint density at radius 1 is 1.16 bits per heavy atom. The van der Waals surface area contributed by atoms with Crippen LogP contribution in [0.25, 0.3) is 0 Å². The van der Waals surface area contributed by atoms with Crippen LogP contribution in [0.2, 0.25) is 5.02 Å². The highest BCUT2D eigenvalue weighted by molar-refractivity contribution is 7.97. The maximum atomic E-state index is 13.2. The number of sulfonamides is 1. The minimum Gasteiger partial charge on any atom is -0.349 e. The van der Waals surface area contributed by atoms with Gasteiger partial charge in [-0.05, 0) is 54.3 Å². The van der Waals surface area contributed by atoms with Crippen LogP contribution in [-0.4, -0.2) is 24.7 Å². The molecule has 2 aromatic rings. The van der Waals surface area contributed by atoms with Gasteiger partial charge >= 0.3 is 0 Å². The molecule has 0 aromatic heterocycles. The van der Waals surface area contributed by atoms with Crippen LogP contribution in [-0.2, 0) is 22.9 Å². The number of anilines is 1. The first kappa shape index (κ1) is 21.0. The number of hydrogen-bond acceptors (Lipinski definition) is 6. The summed E-state index contributed by atoms with van der Waals surface area (Å²) < 4.78 is 33.6. The minimum absolute atomic E-state index is 0.0495. The number of rotatable bonds is 5. The van der Waals surface area contributed by atoms with Gasteiger partial charge in [-0.2, -0.15) is 0 Å². The normalized spacial score (nSPS) is 17.2. The predicted molar refractivity (Wildman–Crippen MR) is 127 cm³/mol. The molecule has 10 heteroatoms. The molecule has 7 nitrogen and oxygen atoms in total. The van der Waals surface area contributed by atoms with Crippen molar-refractivity contribution in [2.24, 2.45) is 0 Å². The number of carbonyl (C=O) groups excluding carboxylic acids is 1. The molecular formula is C22H19ClN4O3S2. The Morgan fingerprint density at radius 2 is 1.91 bits per heavy atom. The largest absolute Gasteiger partial charge is 0.349 e. The number of nitrogens with one attached hydrogen (secondary N) is 3. The van der Waals surface area contributed by atoms with E-state index in [1.54, 1.807) is 28.8 Å². The highest BCUT2D eigenvalue weighted by Gasteiger charge is 2.31. The second-order valence-electron chi connectivity index (χ2n) is 7.58. The van der Waals surface area contributed by atoms with Crippen molar-refractivity contribution in [3.05, 3.63) is 99.3 Å². The highest BCUT2D eigenvalue weighted by Crippen LogP contribution is 2.34. The quantitative estimate of drug-likeness (QED) is 0.558. The zero-order valence-electron chi connectivity index (χ0n) is 16.7. The summed E-state index contributed by atoms with van der Waals surface area (Å²) in [5.74, 6) is -0.353. The molecule has 0 fully saturated rings. The van der Waals surface area contributed by atoms with Crippen LogP contribution in [0.4, 0.5) is 5.69 Å². The van der Waals surface area contributed by atoms with E-state index in [-0.39, 0.29) is 28.1 Å². The Balaban J connectivity index is 1.39. The second-order valence-corrected chi connectivity index (χ2v) is 10.5. The van der Waals surface area contributed by atoms with Gasteiger partial charge in [0.2, 0.25) is 0 Å². The smallest absolute Gasteiger partial charge is 0.264 e. The third-order valence-corrected chi connectivity index (χ3v) is 7.84. The first-order valence-electron chi connectivity index (χ1n) is 9.91. The van der Waals surface area contributed by atoms with E-state index in [0.29, 0.717) is 10.7 Å². The zero-order valence-corrected chi connectivity index (χ0v) is 19.1. The summed E-state index contributed by atoms with van der Waals surface area (Å²) >= 11 is 7.39. The third kappa shape index (κ3) is 3.99. The van der Waals surface area contributed by atoms with Crippen LogP contribution in [0.1, 0.15) is 21.5 Å². The van der Waals surface area contributed by atoms with Crippen LogP contribution in [0.5, 0.6) is 0 Å². The van der Waals surface area contributed by atoms with E-state index in [2.05, 4.69) is 26.9 Å². The lowest BCUT2D eigenvalue weighted by Gasteiger charge is -2.21. The van der Waals surface area contributed by atoms with E-state index >= 15 is 0 Å². The van der Waals surface area contributed by atoms with Gasteiger partial charge < -0.3 is 10.0 Å². The van der Waals surface area contributed by atoms with Gasteiger partial charge in [-0.3, -0.25) is 13.8 Å². The summed E-state index contributed by atoms with van der Waals surface area (Å²) in [6.45, 7) is 0. The molecule has 0 radical (unpaired) electrons. The first-order valence-corrected chi connectivity index (χ1v) is 12.5. The van der Waals surface area contributed by atoms with E-state index in [1.807, 2.05) is 12.1 Å². The van der Waals surface area contributed by atoms with Gasteiger partial charge in [0.1, 0.15) is 4.91 Å². The minimum atomic E-state index is -3.98. The monoisotopic (exact) mass is 486 g/mol. The van der Waals surface area contributed by atoms with Crippen molar-refractivity contribution in [1.29, 1.82) is 0 Å². The third-order valence-electron chi connectivity index (χ3n) is 5.45. The van der Waals surface area contributed by atoms with Crippen molar-refractivity contribution in [2.75, 3.05) is 4.72 Å². The molecule has 0 bridgehead atoms. The van der Waals surface area contributed by atoms with Crippen molar-refractivity contribution < 1.29 is 13.2 Å². The molecule has 2 heterocycles. The van der Waals surface area contributed by atoms with E-state index < -0.39 is 10.0 Å². The van der Waals surface area contributed by atoms with Gasteiger partial charge in [-0.25, -0.2) is 8.42 Å². The van der Waals surface area contributed by atoms with Crippen molar-refractivity contribution in [2.45, 2.75) is 18.9 Å².